The predicted molar refractivity (Wildman–Crippen MR) is 47.8 cm³/mol. The van der Waals surface area contributed by atoms with Crippen molar-refractivity contribution in [3.8, 4) is 0 Å². The van der Waals surface area contributed by atoms with Gasteiger partial charge in [-0.3, -0.25) is 4.57 Å². The number of nitrogens with zero attached hydrogens (tertiary/aromatic N) is 1. The molecule has 1 aromatic heterocycles. The molecule has 5 nitrogen and oxygen atoms in total. The second-order valence-corrected chi connectivity index (χ2v) is 3.17. The summed E-state index contributed by atoms with van der Waals surface area (Å²) in [6, 6.07) is 0.115. The Labute approximate surface area is 75.7 Å². The molecule has 0 spiro atoms. The Balaban J connectivity index is 2.26. The zero-order chi connectivity index (χ0) is 9.26. The molecule has 0 amide bonds. The summed E-state index contributed by atoms with van der Waals surface area (Å²) in [7, 11) is 1.67. The maximum Gasteiger partial charge on any atom is 0.325 e. The summed E-state index contributed by atoms with van der Waals surface area (Å²) in [5.74, 6) is 0. The van der Waals surface area contributed by atoms with Crippen molar-refractivity contribution in [1.29, 1.82) is 0 Å². The lowest BCUT2D eigenvalue weighted by molar-refractivity contribution is 0.0856. The minimum atomic E-state index is -0.0734. The Morgan fingerprint density at radius 1 is 1.62 bits per heavy atom. The van der Waals surface area contributed by atoms with Gasteiger partial charge in [0.1, 0.15) is 0 Å². The molecule has 0 aliphatic carbocycles. The third kappa shape index (κ3) is 1.40. The summed E-state index contributed by atoms with van der Waals surface area (Å²) in [5, 5.41) is 3.19. The normalized spacial score (nSPS) is 28.1. The molecule has 1 fully saturated rings. The van der Waals surface area contributed by atoms with E-state index in [9.17, 15) is 4.79 Å². The van der Waals surface area contributed by atoms with E-state index in [1.807, 2.05) is 0 Å². The summed E-state index contributed by atoms with van der Waals surface area (Å²) < 4.78 is 6.94. The van der Waals surface area contributed by atoms with Crippen LogP contribution < -0.4 is 11.0 Å². The van der Waals surface area contributed by atoms with E-state index < -0.39 is 0 Å². The van der Waals surface area contributed by atoms with Crippen LogP contribution in [0.3, 0.4) is 0 Å². The van der Waals surface area contributed by atoms with Gasteiger partial charge in [0.05, 0.1) is 12.1 Å². The van der Waals surface area contributed by atoms with E-state index in [0.29, 0.717) is 0 Å². The molecule has 0 aromatic carbocycles. The Bertz CT molecular complexity index is 330. The third-order valence-corrected chi connectivity index (χ3v) is 2.46. The highest BCUT2D eigenvalue weighted by Crippen LogP contribution is 2.15. The SMILES string of the molecule is CO[C@H]1CNCC1n1cc[nH]c1=O. The van der Waals surface area contributed by atoms with Gasteiger partial charge in [0, 0.05) is 32.6 Å². The first-order valence-corrected chi connectivity index (χ1v) is 4.32. The first kappa shape index (κ1) is 8.52. The summed E-state index contributed by atoms with van der Waals surface area (Å²) in [5.41, 5.74) is -0.0734. The first-order chi connectivity index (χ1) is 6.33. The average Bonchev–Trinajstić information content (AvgIpc) is 2.71. The van der Waals surface area contributed by atoms with Crippen molar-refractivity contribution in [2.75, 3.05) is 20.2 Å². The van der Waals surface area contributed by atoms with Crippen molar-refractivity contribution < 1.29 is 4.74 Å². The molecule has 1 saturated heterocycles. The lowest BCUT2D eigenvalue weighted by Crippen LogP contribution is -2.30. The fourth-order valence-corrected chi connectivity index (χ4v) is 1.75. The molecule has 5 heteroatoms. The van der Waals surface area contributed by atoms with Crippen molar-refractivity contribution in [1.82, 2.24) is 14.9 Å². The lowest BCUT2D eigenvalue weighted by atomic mass is 10.2. The number of H-pyrrole nitrogens is 1. The number of aromatic nitrogens is 2. The van der Waals surface area contributed by atoms with Crippen LogP contribution in [0, 0.1) is 0 Å². The Morgan fingerprint density at radius 3 is 3.08 bits per heavy atom. The number of nitrogens with one attached hydrogen (secondary N) is 2. The minimum absolute atomic E-state index is 0.0734. The first-order valence-electron chi connectivity index (χ1n) is 4.32. The van der Waals surface area contributed by atoms with Crippen LogP contribution in [0.2, 0.25) is 0 Å². The quantitative estimate of drug-likeness (QED) is 0.639. The third-order valence-electron chi connectivity index (χ3n) is 2.46. The second kappa shape index (κ2) is 3.35. The van der Waals surface area contributed by atoms with Crippen LogP contribution in [0.4, 0.5) is 0 Å². The average molecular weight is 183 g/mol. The smallest absolute Gasteiger partial charge is 0.325 e. The van der Waals surface area contributed by atoms with E-state index in [0.717, 1.165) is 13.1 Å². The number of imidazole rings is 1. The van der Waals surface area contributed by atoms with E-state index in [1.165, 1.54) is 0 Å². The van der Waals surface area contributed by atoms with E-state index >= 15 is 0 Å². The number of hydrogen-bond acceptors (Lipinski definition) is 3. The Morgan fingerprint density at radius 2 is 2.46 bits per heavy atom. The fraction of sp³-hybridized carbons (Fsp3) is 0.625. The van der Waals surface area contributed by atoms with Crippen LogP contribution in [0.15, 0.2) is 17.2 Å². The monoisotopic (exact) mass is 183 g/mol. The zero-order valence-electron chi connectivity index (χ0n) is 7.49. The standard InChI is InChI=1S/C8H13N3O2/c1-13-7-5-9-4-6(7)11-3-2-10-8(11)12/h2-3,6-7,9H,4-5H2,1H3,(H,10,12)/t6?,7-/m0/s1. The highest BCUT2D eigenvalue weighted by molar-refractivity contribution is 4.91. The molecule has 0 saturated carbocycles. The molecule has 0 bridgehead atoms. The number of hydrogen-bond donors (Lipinski definition) is 2. The molecule has 72 valence electrons. The number of methoxy groups -OCH3 is 1. The van der Waals surface area contributed by atoms with E-state index in [4.69, 9.17) is 4.74 Å². The molecule has 1 unspecified atom stereocenters. The zero-order valence-corrected chi connectivity index (χ0v) is 7.49. The van der Waals surface area contributed by atoms with E-state index in [1.54, 1.807) is 24.1 Å². The molecule has 13 heavy (non-hydrogen) atoms. The van der Waals surface area contributed by atoms with E-state index in [2.05, 4.69) is 10.3 Å². The maximum absolute atomic E-state index is 11.3. The second-order valence-electron chi connectivity index (χ2n) is 3.17. The van der Waals surface area contributed by atoms with Crippen molar-refractivity contribution >= 4 is 0 Å². The summed E-state index contributed by atoms with van der Waals surface area (Å²) in [6.07, 6.45) is 3.49. The van der Waals surface area contributed by atoms with Crippen molar-refractivity contribution in [3.63, 3.8) is 0 Å². The Hall–Kier alpha value is -1.07. The minimum Gasteiger partial charge on any atom is -0.378 e. The summed E-state index contributed by atoms with van der Waals surface area (Å²) in [6.45, 7) is 1.59. The number of aromatic amines is 1. The van der Waals surface area contributed by atoms with Gasteiger partial charge in [0.15, 0.2) is 0 Å². The molecular formula is C8H13N3O2. The topological polar surface area (TPSA) is 59.0 Å². The molecule has 1 aliphatic heterocycles. The van der Waals surface area contributed by atoms with Gasteiger partial charge in [0.25, 0.3) is 0 Å². The van der Waals surface area contributed by atoms with Crippen LogP contribution in [0.1, 0.15) is 6.04 Å². The highest BCUT2D eigenvalue weighted by Gasteiger charge is 2.28. The van der Waals surface area contributed by atoms with Gasteiger partial charge in [-0.25, -0.2) is 4.79 Å². The van der Waals surface area contributed by atoms with Crippen LogP contribution in [-0.2, 0) is 4.74 Å². The van der Waals surface area contributed by atoms with Gasteiger partial charge >= 0.3 is 5.69 Å². The van der Waals surface area contributed by atoms with Crippen LogP contribution in [0.25, 0.3) is 0 Å². The van der Waals surface area contributed by atoms with Crippen molar-refractivity contribution in [2.24, 2.45) is 0 Å². The fourth-order valence-electron chi connectivity index (χ4n) is 1.75. The largest absolute Gasteiger partial charge is 0.378 e. The van der Waals surface area contributed by atoms with Crippen LogP contribution in [-0.4, -0.2) is 35.9 Å². The van der Waals surface area contributed by atoms with E-state index in [-0.39, 0.29) is 17.8 Å². The Kier molecular flexibility index (Phi) is 2.20. The van der Waals surface area contributed by atoms with Gasteiger partial charge in [0.2, 0.25) is 0 Å². The highest BCUT2D eigenvalue weighted by atomic mass is 16.5. The van der Waals surface area contributed by atoms with Gasteiger partial charge in [-0.1, -0.05) is 0 Å². The molecule has 2 rings (SSSR count). The molecule has 0 radical (unpaired) electrons. The van der Waals surface area contributed by atoms with Crippen LogP contribution >= 0.6 is 0 Å². The molecule has 2 heterocycles. The lowest BCUT2D eigenvalue weighted by Gasteiger charge is -2.16. The molecular weight excluding hydrogens is 170 g/mol. The molecule has 2 N–H and O–H groups in total. The van der Waals surface area contributed by atoms with Gasteiger partial charge < -0.3 is 15.0 Å². The van der Waals surface area contributed by atoms with Crippen molar-refractivity contribution in [2.45, 2.75) is 12.1 Å². The van der Waals surface area contributed by atoms with Gasteiger partial charge in [-0.05, 0) is 0 Å². The molecule has 1 aromatic rings. The number of ether oxygens (including phenoxy) is 1. The summed E-state index contributed by atoms with van der Waals surface area (Å²) >= 11 is 0. The van der Waals surface area contributed by atoms with Crippen molar-refractivity contribution in [3.05, 3.63) is 22.9 Å². The summed E-state index contributed by atoms with van der Waals surface area (Å²) in [4.78, 5) is 13.9. The van der Waals surface area contributed by atoms with Gasteiger partial charge in [-0.15, -0.1) is 0 Å². The number of rotatable bonds is 2. The predicted octanol–water partition coefficient (Wildman–Crippen LogP) is -0.664. The van der Waals surface area contributed by atoms with Gasteiger partial charge in [-0.2, -0.15) is 0 Å². The molecule has 1 aliphatic rings. The van der Waals surface area contributed by atoms with Crippen LogP contribution in [0.5, 0.6) is 0 Å². The molecule has 2 atom stereocenters. The maximum atomic E-state index is 11.3.